The van der Waals surface area contributed by atoms with Gasteiger partial charge in [0.25, 0.3) is 0 Å². The molecule has 2 aromatic carbocycles. The zero-order valence-electron chi connectivity index (χ0n) is 28.4. The van der Waals surface area contributed by atoms with Gasteiger partial charge in [0.15, 0.2) is 0 Å². The topological polar surface area (TPSA) is 70.8 Å². The summed E-state index contributed by atoms with van der Waals surface area (Å²) in [7, 11) is 1.98. The molecule has 3 unspecified atom stereocenters. The number of hydrogen-bond donors (Lipinski definition) is 1. The monoisotopic (exact) mass is 632 g/mol. The van der Waals surface area contributed by atoms with E-state index >= 15 is 0 Å². The molecule has 0 bridgehead atoms. The van der Waals surface area contributed by atoms with Gasteiger partial charge in [-0.1, -0.05) is 38.1 Å². The van der Waals surface area contributed by atoms with Crippen molar-refractivity contribution in [3.63, 3.8) is 0 Å². The molecule has 4 atom stereocenters. The van der Waals surface area contributed by atoms with Gasteiger partial charge < -0.3 is 14.7 Å². The van der Waals surface area contributed by atoms with E-state index in [0.717, 1.165) is 75.3 Å². The number of aryl methyl sites for hydroxylation is 1. The summed E-state index contributed by atoms with van der Waals surface area (Å²) in [4.78, 5) is 16.9. The van der Waals surface area contributed by atoms with Crippen molar-refractivity contribution in [1.29, 1.82) is 0 Å². The number of aliphatic carboxylic acids is 1. The average Bonchev–Trinajstić information content (AvgIpc) is 3.65. The van der Waals surface area contributed by atoms with Crippen molar-refractivity contribution in [3.05, 3.63) is 82.9 Å². The number of halogens is 1. The van der Waals surface area contributed by atoms with E-state index in [9.17, 15) is 14.3 Å². The Bertz CT molecular complexity index is 1420. The molecule has 46 heavy (non-hydrogen) atoms. The van der Waals surface area contributed by atoms with Crippen molar-refractivity contribution in [2.45, 2.75) is 96.7 Å². The standard InChI is InChI=1S/C38H53FN4O3/c1-6-43-36(23-32(40-43)20-27-11-13-34(14-12-27)46-7-2)28-15-17-42(18-16-28)25-30-22-33(41(5)37(38(44)45)19-26(3)4)24-35(30)29-9-8-10-31(39)21-29/h8-14,21,23,26,28,30,33,35,37H,6-7,15-20,22,24-25H2,1-5H3,(H,44,45)/t30?,33?,35?,37-/m1/s1. The average molecular weight is 633 g/mol. The normalized spacial score (nSPS) is 21.7. The Labute approximate surface area is 274 Å². The fourth-order valence-electron chi connectivity index (χ4n) is 7.90. The van der Waals surface area contributed by atoms with Crippen LogP contribution in [0.1, 0.15) is 94.1 Å². The maximum Gasteiger partial charge on any atom is 0.320 e. The molecule has 250 valence electrons. The molecule has 8 heteroatoms. The van der Waals surface area contributed by atoms with Crippen molar-refractivity contribution < 1.29 is 19.0 Å². The van der Waals surface area contributed by atoms with E-state index in [1.807, 2.05) is 32.2 Å². The minimum atomic E-state index is -0.752. The zero-order chi connectivity index (χ0) is 32.8. The summed E-state index contributed by atoms with van der Waals surface area (Å²) < 4.78 is 22.2. The lowest BCUT2D eigenvalue weighted by atomic mass is 9.87. The van der Waals surface area contributed by atoms with E-state index in [4.69, 9.17) is 9.84 Å². The second-order valence-electron chi connectivity index (χ2n) is 13.9. The summed E-state index contributed by atoms with van der Waals surface area (Å²) >= 11 is 0. The zero-order valence-corrected chi connectivity index (χ0v) is 28.4. The number of aromatic nitrogens is 2. The van der Waals surface area contributed by atoms with Crippen LogP contribution in [0.2, 0.25) is 0 Å². The molecule has 1 aliphatic heterocycles. The molecule has 5 rings (SSSR count). The highest BCUT2D eigenvalue weighted by Crippen LogP contribution is 2.43. The number of carboxylic acids is 1. The van der Waals surface area contributed by atoms with E-state index in [2.05, 4.69) is 59.5 Å². The lowest BCUT2D eigenvalue weighted by Gasteiger charge is -2.35. The Morgan fingerprint density at radius 3 is 2.46 bits per heavy atom. The van der Waals surface area contributed by atoms with Crippen LogP contribution in [0.25, 0.3) is 0 Å². The third kappa shape index (κ3) is 8.37. The van der Waals surface area contributed by atoms with Gasteiger partial charge in [0.2, 0.25) is 0 Å². The molecule has 1 saturated carbocycles. The molecule has 0 spiro atoms. The van der Waals surface area contributed by atoms with Crippen molar-refractivity contribution in [3.8, 4) is 5.75 Å². The van der Waals surface area contributed by atoms with Crippen LogP contribution < -0.4 is 4.74 Å². The van der Waals surface area contributed by atoms with Crippen LogP contribution in [0.4, 0.5) is 4.39 Å². The maximum atomic E-state index is 14.4. The Kier molecular flexibility index (Phi) is 11.5. The second-order valence-corrected chi connectivity index (χ2v) is 13.9. The van der Waals surface area contributed by atoms with Gasteiger partial charge in [-0.3, -0.25) is 14.4 Å². The summed E-state index contributed by atoms with van der Waals surface area (Å²) in [5, 5.41) is 15.0. The van der Waals surface area contributed by atoms with Crippen LogP contribution in [-0.2, 0) is 17.8 Å². The molecule has 1 aromatic heterocycles. The van der Waals surface area contributed by atoms with E-state index in [1.54, 1.807) is 6.07 Å². The highest BCUT2D eigenvalue weighted by Gasteiger charge is 2.41. The number of nitrogens with zero attached hydrogens (tertiary/aromatic N) is 4. The van der Waals surface area contributed by atoms with Crippen LogP contribution in [0.5, 0.6) is 5.75 Å². The molecule has 1 N–H and O–H groups in total. The fourth-order valence-corrected chi connectivity index (χ4v) is 7.90. The molecule has 0 radical (unpaired) electrons. The first-order valence-electron chi connectivity index (χ1n) is 17.4. The SMILES string of the molecule is CCOc1ccc(Cc2cc(C3CCN(CC4CC(N(C)[C@H](CC(C)C)C(=O)O)CC4c4cccc(F)c4)CC3)n(CC)n2)cc1. The van der Waals surface area contributed by atoms with E-state index < -0.39 is 12.0 Å². The summed E-state index contributed by atoms with van der Waals surface area (Å²) in [6.07, 6.45) is 5.40. The number of benzene rings is 2. The molecular formula is C38H53FN4O3. The predicted octanol–water partition coefficient (Wildman–Crippen LogP) is 7.20. The number of likely N-dealkylation sites (tertiary alicyclic amines) is 1. The van der Waals surface area contributed by atoms with Crippen LogP contribution in [0.3, 0.4) is 0 Å². The summed E-state index contributed by atoms with van der Waals surface area (Å²) in [6, 6.07) is 17.3. The van der Waals surface area contributed by atoms with E-state index in [0.29, 0.717) is 30.8 Å². The van der Waals surface area contributed by atoms with Gasteiger partial charge in [0.1, 0.15) is 17.6 Å². The van der Waals surface area contributed by atoms with Crippen molar-refractivity contribution in [2.75, 3.05) is 33.3 Å². The van der Waals surface area contributed by atoms with Gasteiger partial charge in [0.05, 0.1) is 12.3 Å². The fraction of sp³-hybridized carbons (Fsp3) is 0.579. The van der Waals surface area contributed by atoms with Crippen LogP contribution in [0.15, 0.2) is 54.6 Å². The van der Waals surface area contributed by atoms with Gasteiger partial charge in [0, 0.05) is 37.2 Å². The van der Waals surface area contributed by atoms with E-state index in [1.165, 1.54) is 17.3 Å². The predicted molar refractivity (Wildman–Crippen MR) is 181 cm³/mol. The third-order valence-electron chi connectivity index (χ3n) is 10.3. The Morgan fingerprint density at radius 1 is 1.09 bits per heavy atom. The van der Waals surface area contributed by atoms with Gasteiger partial charge in [-0.15, -0.1) is 0 Å². The summed E-state index contributed by atoms with van der Waals surface area (Å²) in [6.45, 7) is 12.8. The minimum Gasteiger partial charge on any atom is -0.494 e. The van der Waals surface area contributed by atoms with Gasteiger partial charge in [-0.25, -0.2) is 4.39 Å². The van der Waals surface area contributed by atoms with Crippen molar-refractivity contribution >= 4 is 5.97 Å². The van der Waals surface area contributed by atoms with Crippen molar-refractivity contribution in [2.24, 2.45) is 11.8 Å². The number of piperidine rings is 1. The number of likely N-dealkylation sites (N-methyl/N-ethyl adjacent to an activating group) is 1. The van der Waals surface area contributed by atoms with Crippen molar-refractivity contribution in [1.82, 2.24) is 19.6 Å². The molecule has 1 aliphatic carbocycles. The molecular weight excluding hydrogens is 579 g/mol. The molecule has 1 saturated heterocycles. The Morgan fingerprint density at radius 2 is 1.83 bits per heavy atom. The number of ether oxygens (including phenoxy) is 1. The molecule has 2 aliphatic rings. The lowest BCUT2D eigenvalue weighted by molar-refractivity contribution is -0.144. The first kappa shape index (κ1) is 34.1. The van der Waals surface area contributed by atoms with Crippen LogP contribution >= 0.6 is 0 Å². The maximum absolute atomic E-state index is 14.4. The first-order valence-corrected chi connectivity index (χ1v) is 17.4. The molecule has 2 fully saturated rings. The number of rotatable bonds is 14. The highest BCUT2D eigenvalue weighted by molar-refractivity contribution is 5.73. The Hall–Kier alpha value is -3.23. The molecule has 7 nitrogen and oxygen atoms in total. The number of hydrogen-bond acceptors (Lipinski definition) is 5. The molecule has 0 amide bonds. The minimum absolute atomic E-state index is 0.156. The summed E-state index contributed by atoms with van der Waals surface area (Å²) in [5.41, 5.74) is 4.73. The van der Waals surface area contributed by atoms with E-state index in [-0.39, 0.29) is 17.8 Å². The Balaban J connectivity index is 1.24. The van der Waals surface area contributed by atoms with Gasteiger partial charge in [-0.2, -0.15) is 5.10 Å². The largest absolute Gasteiger partial charge is 0.494 e. The van der Waals surface area contributed by atoms with Crippen LogP contribution in [0, 0.1) is 17.7 Å². The quantitative estimate of drug-likeness (QED) is 0.203. The molecule has 3 aromatic rings. The first-order chi connectivity index (χ1) is 22.1. The second kappa shape index (κ2) is 15.6. The lowest BCUT2D eigenvalue weighted by Crippen LogP contribution is -2.45. The number of carboxylic acid groups (broad SMARTS) is 1. The van der Waals surface area contributed by atoms with Crippen LogP contribution in [-0.4, -0.2) is 76.0 Å². The van der Waals surface area contributed by atoms with Gasteiger partial charge >= 0.3 is 5.97 Å². The smallest absolute Gasteiger partial charge is 0.320 e. The molecule has 2 heterocycles. The third-order valence-corrected chi connectivity index (χ3v) is 10.3. The highest BCUT2D eigenvalue weighted by atomic mass is 19.1. The van der Waals surface area contributed by atoms with Gasteiger partial charge in [-0.05, 0) is 125 Å². The number of carbonyl (C=O) groups is 1. The summed E-state index contributed by atoms with van der Waals surface area (Å²) in [5.74, 6) is 1.28.